The van der Waals surface area contributed by atoms with Gasteiger partial charge in [0.1, 0.15) is 12.4 Å². The van der Waals surface area contributed by atoms with Gasteiger partial charge >= 0.3 is 18.2 Å². The second-order valence-corrected chi connectivity index (χ2v) is 6.92. The Kier molecular flexibility index (Phi) is 11.8. The summed E-state index contributed by atoms with van der Waals surface area (Å²) in [7, 11) is 1.00. The summed E-state index contributed by atoms with van der Waals surface area (Å²) in [6.45, 7) is 8.64. The van der Waals surface area contributed by atoms with Gasteiger partial charge in [-0.15, -0.1) is 0 Å². The van der Waals surface area contributed by atoms with Gasteiger partial charge in [-0.05, 0) is 39.0 Å². The minimum atomic E-state index is -4.64. The van der Waals surface area contributed by atoms with Gasteiger partial charge in [0.2, 0.25) is 5.60 Å². The molecule has 1 aromatic carbocycles. The molecule has 1 aliphatic rings. The first kappa shape index (κ1) is 28.3. The largest absolute Gasteiger partial charge is 0.490 e. The number of benzene rings is 1. The highest BCUT2D eigenvalue weighted by molar-refractivity contribution is 5.86. The van der Waals surface area contributed by atoms with Crippen molar-refractivity contribution >= 4 is 23.4 Å². The van der Waals surface area contributed by atoms with Gasteiger partial charge in [0.25, 0.3) is 0 Å². The number of alkyl halides is 3. The second kappa shape index (κ2) is 12.9. The van der Waals surface area contributed by atoms with Crippen molar-refractivity contribution in [2.24, 2.45) is 5.92 Å². The number of nitrogens with one attached hydrogen (secondary N) is 2. The minimum absolute atomic E-state index is 0.00921. The first-order valence-corrected chi connectivity index (χ1v) is 9.56. The summed E-state index contributed by atoms with van der Waals surface area (Å²) >= 11 is 0. The van der Waals surface area contributed by atoms with Crippen molar-refractivity contribution in [3.05, 3.63) is 18.2 Å². The van der Waals surface area contributed by atoms with E-state index in [1.807, 2.05) is 13.8 Å². The molecule has 8 nitrogen and oxygen atoms in total. The Balaban J connectivity index is 0.000000762. The van der Waals surface area contributed by atoms with Crippen LogP contribution in [-0.4, -0.2) is 55.8 Å². The molecule has 178 valence electrons. The van der Waals surface area contributed by atoms with Crippen LogP contribution in [0.3, 0.4) is 0 Å². The van der Waals surface area contributed by atoms with Crippen LogP contribution in [0.1, 0.15) is 34.6 Å². The van der Waals surface area contributed by atoms with Crippen molar-refractivity contribution in [3.8, 4) is 5.75 Å². The van der Waals surface area contributed by atoms with Crippen LogP contribution >= 0.6 is 0 Å². The summed E-state index contributed by atoms with van der Waals surface area (Å²) in [6, 6.07) is 4.70. The number of aliphatic hydroxyl groups is 1. The summed E-state index contributed by atoms with van der Waals surface area (Å²) in [6.07, 6.45) is -5.82. The van der Waals surface area contributed by atoms with Crippen molar-refractivity contribution in [2.75, 3.05) is 37.5 Å². The quantitative estimate of drug-likeness (QED) is 0.588. The fraction of sp³-hybridized carbons (Fsp3) is 0.600. The Hall–Kier alpha value is -2.69. The Morgan fingerprint density at radius 2 is 1.87 bits per heavy atom. The summed E-state index contributed by atoms with van der Waals surface area (Å²) < 4.78 is 52.3. The lowest BCUT2D eigenvalue weighted by molar-refractivity contribution is -0.242. The van der Waals surface area contributed by atoms with Crippen LogP contribution in [0.25, 0.3) is 0 Å². The molecular formula is C20H31F3N2O6. The van der Waals surface area contributed by atoms with Crippen LogP contribution in [0.2, 0.25) is 0 Å². The second-order valence-electron chi connectivity index (χ2n) is 6.92. The third-order valence-electron chi connectivity index (χ3n) is 3.69. The molecule has 1 aromatic rings. The molecule has 0 atom stereocenters. The zero-order valence-corrected chi connectivity index (χ0v) is 18.6. The standard InChI is InChI=1S/C13H15F3N2O3.C6H12O2.CH4O/c1-12(2,13(14,15)16)21-11(19)18-8-3-4-10-9(7-8)17-5-6-20-10;1-4-8-6(7)5(2)3;1-2/h3-4,7,17H,5-6H2,1-2H3,(H,18,19);5H,4H2,1-3H3;2H,1H3. The Labute approximate surface area is 180 Å². The van der Waals surface area contributed by atoms with Gasteiger partial charge in [0, 0.05) is 19.3 Å². The van der Waals surface area contributed by atoms with Crippen LogP contribution in [0.5, 0.6) is 5.75 Å². The van der Waals surface area contributed by atoms with Gasteiger partial charge in [-0.1, -0.05) is 13.8 Å². The van der Waals surface area contributed by atoms with Crippen LogP contribution in [0, 0.1) is 5.92 Å². The van der Waals surface area contributed by atoms with E-state index in [2.05, 4.69) is 20.1 Å². The fourth-order valence-corrected chi connectivity index (χ4v) is 1.96. The molecule has 0 saturated heterocycles. The zero-order chi connectivity index (χ0) is 24.2. The van der Waals surface area contributed by atoms with E-state index in [4.69, 9.17) is 9.84 Å². The summed E-state index contributed by atoms with van der Waals surface area (Å²) in [5, 5.41) is 12.3. The monoisotopic (exact) mass is 452 g/mol. The van der Waals surface area contributed by atoms with Gasteiger partial charge < -0.3 is 24.6 Å². The lowest BCUT2D eigenvalue weighted by atomic mass is 10.1. The Morgan fingerprint density at radius 3 is 2.35 bits per heavy atom. The van der Waals surface area contributed by atoms with Crippen molar-refractivity contribution in [3.63, 3.8) is 0 Å². The minimum Gasteiger partial charge on any atom is -0.490 e. The average Bonchev–Trinajstić information content (AvgIpc) is 2.68. The van der Waals surface area contributed by atoms with Crippen molar-refractivity contribution in [1.29, 1.82) is 0 Å². The highest BCUT2D eigenvalue weighted by atomic mass is 19.4. The molecule has 0 spiro atoms. The molecule has 0 fully saturated rings. The third kappa shape index (κ3) is 9.77. The van der Waals surface area contributed by atoms with Crippen molar-refractivity contribution in [2.45, 2.75) is 46.4 Å². The Morgan fingerprint density at radius 1 is 1.26 bits per heavy atom. The summed E-state index contributed by atoms with van der Waals surface area (Å²) in [4.78, 5) is 22.1. The van der Waals surface area contributed by atoms with E-state index in [1.54, 1.807) is 19.1 Å². The van der Waals surface area contributed by atoms with E-state index in [-0.39, 0.29) is 11.9 Å². The molecule has 1 amide bonds. The number of esters is 1. The lowest BCUT2D eigenvalue weighted by Crippen LogP contribution is -2.44. The molecule has 0 aliphatic carbocycles. The first-order chi connectivity index (χ1) is 14.4. The van der Waals surface area contributed by atoms with Gasteiger partial charge in [-0.25, -0.2) is 4.79 Å². The SMILES string of the molecule is CC(C)(OC(=O)Nc1ccc2c(c1)NCCO2)C(F)(F)F.CCOC(=O)C(C)C.CO. The number of aliphatic hydroxyl groups excluding tert-OH is 1. The number of amides is 1. The number of fused-ring (bicyclic) bond motifs is 1. The zero-order valence-electron chi connectivity index (χ0n) is 18.6. The van der Waals surface area contributed by atoms with Crippen molar-refractivity contribution in [1.82, 2.24) is 0 Å². The fourth-order valence-electron chi connectivity index (χ4n) is 1.96. The van der Waals surface area contributed by atoms with Crippen LogP contribution in [-0.2, 0) is 14.3 Å². The van der Waals surface area contributed by atoms with E-state index in [0.717, 1.165) is 21.0 Å². The maximum absolute atomic E-state index is 12.6. The predicted octanol–water partition coefficient (Wildman–Crippen LogP) is 4.19. The smallest absolute Gasteiger partial charge is 0.427 e. The molecule has 3 N–H and O–H groups in total. The van der Waals surface area contributed by atoms with E-state index in [0.29, 0.717) is 36.9 Å². The normalized spacial score (nSPS) is 12.5. The van der Waals surface area contributed by atoms with Crippen LogP contribution < -0.4 is 15.4 Å². The predicted molar refractivity (Wildman–Crippen MR) is 110 cm³/mol. The number of ether oxygens (including phenoxy) is 3. The van der Waals surface area contributed by atoms with Gasteiger partial charge in [-0.2, -0.15) is 13.2 Å². The van der Waals surface area contributed by atoms with Gasteiger partial charge in [0.15, 0.2) is 0 Å². The summed E-state index contributed by atoms with van der Waals surface area (Å²) in [5.74, 6) is 0.512. The molecule has 0 saturated carbocycles. The number of carbonyl (C=O) groups is 2. The maximum Gasteiger partial charge on any atom is 0.427 e. The number of anilines is 2. The van der Waals surface area contributed by atoms with E-state index in [1.165, 1.54) is 6.07 Å². The molecule has 0 bridgehead atoms. The van der Waals surface area contributed by atoms with Crippen LogP contribution in [0.15, 0.2) is 18.2 Å². The highest BCUT2D eigenvalue weighted by Gasteiger charge is 2.50. The summed E-state index contributed by atoms with van der Waals surface area (Å²) in [5.41, 5.74) is -1.59. The Bertz CT molecular complexity index is 709. The highest BCUT2D eigenvalue weighted by Crippen LogP contribution is 2.34. The number of hydrogen-bond acceptors (Lipinski definition) is 7. The van der Waals surface area contributed by atoms with E-state index < -0.39 is 17.9 Å². The average molecular weight is 452 g/mol. The molecule has 0 radical (unpaired) electrons. The van der Waals surface area contributed by atoms with Crippen molar-refractivity contribution < 1.29 is 42.1 Å². The molecule has 0 aromatic heterocycles. The molecule has 2 rings (SSSR count). The molecule has 1 aliphatic heterocycles. The molecule has 0 unspecified atom stereocenters. The van der Waals surface area contributed by atoms with Crippen LogP contribution in [0.4, 0.5) is 29.3 Å². The topological polar surface area (TPSA) is 106 Å². The molecule has 31 heavy (non-hydrogen) atoms. The number of carbonyl (C=O) groups excluding carboxylic acids is 2. The lowest BCUT2D eigenvalue weighted by Gasteiger charge is -2.27. The third-order valence-corrected chi connectivity index (χ3v) is 3.69. The number of rotatable bonds is 4. The maximum atomic E-state index is 12.6. The number of halogens is 3. The molecule has 1 heterocycles. The van der Waals surface area contributed by atoms with Gasteiger partial charge in [0.05, 0.1) is 18.2 Å². The van der Waals surface area contributed by atoms with E-state index in [9.17, 15) is 22.8 Å². The molecule has 11 heteroatoms. The molecular weight excluding hydrogens is 421 g/mol. The number of hydrogen-bond donors (Lipinski definition) is 3. The van der Waals surface area contributed by atoms with E-state index >= 15 is 0 Å². The van der Waals surface area contributed by atoms with Gasteiger partial charge in [-0.3, -0.25) is 10.1 Å². The first-order valence-electron chi connectivity index (χ1n) is 9.56.